The molecule has 0 saturated carbocycles. The molecule has 0 spiro atoms. The maximum atomic E-state index is 13.0. The lowest BCUT2D eigenvalue weighted by atomic mass is 10.1. The average Bonchev–Trinajstić information content (AvgIpc) is 3.25. The third kappa shape index (κ3) is 2.99. The topological polar surface area (TPSA) is 73.8 Å². The van der Waals surface area contributed by atoms with Crippen molar-refractivity contribution in [1.29, 1.82) is 0 Å². The van der Waals surface area contributed by atoms with Crippen LogP contribution in [0, 0.1) is 0 Å². The molecule has 0 fully saturated rings. The van der Waals surface area contributed by atoms with E-state index >= 15 is 0 Å². The first-order chi connectivity index (χ1) is 14.2. The number of benzene rings is 3. The molecule has 0 aliphatic carbocycles. The van der Waals surface area contributed by atoms with Gasteiger partial charge in [-0.2, -0.15) is 14.8 Å². The Hall–Kier alpha value is -3.77. The summed E-state index contributed by atoms with van der Waals surface area (Å²) < 4.78 is 6.85. The molecule has 0 saturated heterocycles. The van der Waals surface area contributed by atoms with Gasteiger partial charge in [0, 0.05) is 10.9 Å². The van der Waals surface area contributed by atoms with Gasteiger partial charge in [0.1, 0.15) is 0 Å². The second-order valence-electron chi connectivity index (χ2n) is 6.35. The van der Waals surface area contributed by atoms with Crippen molar-refractivity contribution < 1.29 is 4.52 Å². The van der Waals surface area contributed by atoms with Crippen LogP contribution in [0.15, 0.2) is 88.2 Å². The lowest BCUT2D eigenvalue weighted by Gasteiger charge is -2.08. The quantitative estimate of drug-likeness (QED) is 0.436. The Morgan fingerprint density at radius 2 is 1.52 bits per heavy atom. The fraction of sp³-hybridized carbons (Fsp3) is 0. The number of aromatic nitrogens is 4. The van der Waals surface area contributed by atoms with E-state index in [4.69, 9.17) is 16.1 Å². The Morgan fingerprint density at radius 1 is 0.828 bits per heavy atom. The zero-order valence-corrected chi connectivity index (χ0v) is 15.7. The number of nitrogens with zero attached hydrogens (tertiary/aromatic N) is 4. The lowest BCUT2D eigenvalue weighted by molar-refractivity contribution is 0.430. The predicted octanol–water partition coefficient (Wildman–Crippen LogP) is 4.76. The first-order valence-electron chi connectivity index (χ1n) is 8.89. The molecule has 2 aromatic heterocycles. The Balaban J connectivity index is 1.75. The summed E-state index contributed by atoms with van der Waals surface area (Å²) in [5.41, 5.74) is 1.51. The van der Waals surface area contributed by atoms with E-state index in [0.29, 0.717) is 38.6 Å². The molecule has 0 amide bonds. The monoisotopic (exact) mass is 400 g/mol. The van der Waals surface area contributed by atoms with Crippen LogP contribution in [0.5, 0.6) is 0 Å². The van der Waals surface area contributed by atoms with Crippen LogP contribution in [0.2, 0.25) is 5.02 Å². The van der Waals surface area contributed by atoms with E-state index in [9.17, 15) is 4.79 Å². The smallest absolute Gasteiger partial charge is 0.279 e. The van der Waals surface area contributed by atoms with Crippen molar-refractivity contribution in [1.82, 2.24) is 19.9 Å². The summed E-state index contributed by atoms with van der Waals surface area (Å²) in [4.78, 5) is 17.5. The Kier molecular flexibility index (Phi) is 4.18. The molecular weight excluding hydrogens is 388 g/mol. The van der Waals surface area contributed by atoms with Crippen molar-refractivity contribution in [2.24, 2.45) is 0 Å². The van der Waals surface area contributed by atoms with Gasteiger partial charge in [0.05, 0.1) is 16.1 Å². The molecule has 5 rings (SSSR count). The largest absolute Gasteiger partial charge is 0.332 e. The van der Waals surface area contributed by atoms with E-state index in [1.807, 2.05) is 66.7 Å². The molecule has 0 bridgehead atoms. The van der Waals surface area contributed by atoms with Crippen LogP contribution in [0.25, 0.3) is 39.4 Å². The van der Waals surface area contributed by atoms with E-state index in [1.54, 1.807) is 12.1 Å². The van der Waals surface area contributed by atoms with Crippen LogP contribution in [-0.4, -0.2) is 19.9 Å². The molecule has 0 aliphatic heterocycles. The fourth-order valence-corrected chi connectivity index (χ4v) is 3.38. The van der Waals surface area contributed by atoms with Crippen LogP contribution in [0.4, 0.5) is 0 Å². The molecule has 0 radical (unpaired) electrons. The summed E-state index contributed by atoms with van der Waals surface area (Å²) in [7, 11) is 0. The minimum absolute atomic E-state index is 0.209. The zero-order valence-electron chi connectivity index (χ0n) is 15.0. The van der Waals surface area contributed by atoms with Crippen LogP contribution in [0.1, 0.15) is 0 Å². The molecule has 0 aliphatic rings. The number of hydrogen-bond donors (Lipinski definition) is 0. The van der Waals surface area contributed by atoms with Gasteiger partial charge < -0.3 is 4.52 Å². The van der Waals surface area contributed by atoms with Gasteiger partial charge in [-0.25, -0.2) is 0 Å². The van der Waals surface area contributed by atoms with Crippen molar-refractivity contribution in [3.8, 4) is 28.7 Å². The lowest BCUT2D eigenvalue weighted by Crippen LogP contribution is -2.22. The van der Waals surface area contributed by atoms with Gasteiger partial charge in [0.2, 0.25) is 5.82 Å². The van der Waals surface area contributed by atoms with Crippen molar-refractivity contribution in [2.45, 2.75) is 0 Å². The molecular formula is C22H13ClN4O2. The summed E-state index contributed by atoms with van der Waals surface area (Å²) in [6.45, 7) is 0. The molecule has 2 heterocycles. The maximum absolute atomic E-state index is 13.0. The van der Waals surface area contributed by atoms with Gasteiger partial charge in [-0.3, -0.25) is 4.79 Å². The average molecular weight is 401 g/mol. The standard InChI is InChI=1S/C22H13ClN4O2/c23-18-13-7-6-12-17(18)20-24-21(29-26-20)19-15-10-4-5-11-16(15)22(28)27(25-19)14-8-2-1-3-9-14/h1-13H. The summed E-state index contributed by atoms with van der Waals surface area (Å²) in [5, 5.41) is 10.3. The van der Waals surface area contributed by atoms with E-state index in [-0.39, 0.29) is 11.4 Å². The normalized spacial score (nSPS) is 11.1. The molecule has 7 heteroatoms. The van der Waals surface area contributed by atoms with Gasteiger partial charge >= 0.3 is 0 Å². The molecule has 29 heavy (non-hydrogen) atoms. The third-order valence-corrected chi connectivity index (χ3v) is 4.88. The summed E-state index contributed by atoms with van der Waals surface area (Å²) in [5.74, 6) is 0.565. The van der Waals surface area contributed by atoms with Crippen LogP contribution < -0.4 is 5.56 Å². The van der Waals surface area contributed by atoms with E-state index in [0.717, 1.165) is 0 Å². The molecule has 0 N–H and O–H groups in total. The zero-order chi connectivity index (χ0) is 19.8. The highest BCUT2D eigenvalue weighted by Gasteiger charge is 2.19. The van der Waals surface area contributed by atoms with E-state index in [2.05, 4.69) is 15.2 Å². The molecule has 140 valence electrons. The first kappa shape index (κ1) is 17.3. The molecule has 6 nitrogen and oxygen atoms in total. The maximum Gasteiger partial charge on any atom is 0.279 e. The van der Waals surface area contributed by atoms with E-state index < -0.39 is 0 Å². The Morgan fingerprint density at radius 3 is 2.31 bits per heavy atom. The number of hydrogen-bond acceptors (Lipinski definition) is 5. The van der Waals surface area contributed by atoms with Gasteiger partial charge in [0.25, 0.3) is 11.4 Å². The van der Waals surface area contributed by atoms with Gasteiger partial charge in [-0.15, -0.1) is 0 Å². The van der Waals surface area contributed by atoms with Crippen molar-refractivity contribution in [3.05, 3.63) is 94.2 Å². The number of fused-ring (bicyclic) bond motifs is 1. The summed E-state index contributed by atoms with van der Waals surface area (Å²) >= 11 is 6.25. The van der Waals surface area contributed by atoms with Crippen molar-refractivity contribution in [2.75, 3.05) is 0 Å². The fourth-order valence-electron chi connectivity index (χ4n) is 3.16. The van der Waals surface area contributed by atoms with Gasteiger partial charge in [-0.05, 0) is 30.3 Å². The Labute approximate surface area is 170 Å². The summed E-state index contributed by atoms with van der Waals surface area (Å²) in [6, 6.07) is 23.7. The van der Waals surface area contributed by atoms with Crippen LogP contribution >= 0.6 is 11.6 Å². The highest BCUT2D eigenvalue weighted by atomic mass is 35.5. The number of halogens is 1. The SMILES string of the molecule is O=c1c2ccccc2c(-c2nc(-c3ccccc3Cl)no2)nn1-c1ccccc1. The van der Waals surface area contributed by atoms with E-state index in [1.165, 1.54) is 4.68 Å². The number of rotatable bonds is 3. The predicted molar refractivity (Wildman–Crippen MR) is 111 cm³/mol. The molecule has 0 atom stereocenters. The molecule has 5 aromatic rings. The minimum atomic E-state index is -0.221. The molecule has 0 unspecified atom stereocenters. The van der Waals surface area contributed by atoms with Gasteiger partial charge in [-0.1, -0.05) is 65.3 Å². The Bertz CT molecular complexity index is 1390. The van der Waals surface area contributed by atoms with Crippen LogP contribution in [0.3, 0.4) is 0 Å². The summed E-state index contributed by atoms with van der Waals surface area (Å²) in [6.07, 6.45) is 0. The van der Waals surface area contributed by atoms with Crippen molar-refractivity contribution in [3.63, 3.8) is 0 Å². The second kappa shape index (κ2) is 7.00. The third-order valence-electron chi connectivity index (χ3n) is 4.55. The van der Waals surface area contributed by atoms with Crippen LogP contribution in [-0.2, 0) is 0 Å². The first-order valence-corrected chi connectivity index (χ1v) is 9.26. The molecule has 3 aromatic carbocycles. The van der Waals surface area contributed by atoms with Crippen molar-refractivity contribution >= 4 is 22.4 Å². The van der Waals surface area contributed by atoms with Gasteiger partial charge in [0.15, 0.2) is 5.69 Å². The second-order valence-corrected chi connectivity index (χ2v) is 6.76. The highest BCUT2D eigenvalue weighted by Crippen LogP contribution is 2.29. The highest BCUT2D eigenvalue weighted by molar-refractivity contribution is 6.33. The number of para-hydroxylation sites is 1. The minimum Gasteiger partial charge on any atom is -0.332 e.